The number of rotatable bonds is 20. The molecule has 0 bridgehead atoms. The highest BCUT2D eigenvalue weighted by molar-refractivity contribution is 7.98. The number of imidazole rings is 1. The van der Waals surface area contributed by atoms with E-state index in [0.29, 0.717) is 56.8 Å². The van der Waals surface area contributed by atoms with Crippen LogP contribution in [0.1, 0.15) is 31.2 Å². The van der Waals surface area contributed by atoms with Gasteiger partial charge in [-0.05, 0) is 25.0 Å². The van der Waals surface area contributed by atoms with Crippen LogP contribution in [-0.2, 0) is 49.7 Å². The molecule has 1 fully saturated rings. The van der Waals surface area contributed by atoms with Gasteiger partial charge in [0, 0.05) is 12.4 Å². The van der Waals surface area contributed by atoms with Gasteiger partial charge in [-0.25, -0.2) is 19.3 Å². The van der Waals surface area contributed by atoms with E-state index in [1.165, 1.54) is 29.0 Å². The van der Waals surface area contributed by atoms with E-state index >= 15 is 4.39 Å². The summed E-state index contributed by atoms with van der Waals surface area (Å²) in [5.41, 5.74) is 8.62. The average Bonchev–Trinajstić information content (AvgIpc) is 3.56. The normalized spacial score (nSPS) is 21.6. The van der Waals surface area contributed by atoms with Gasteiger partial charge < -0.3 is 38.5 Å². The molecule has 13 nitrogen and oxygen atoms in total. The first kappa shape index (κ1) is 34.7. The van der Waals surface area contributed by atoms with Crippen LogP contribution in [0.3, 0.4) is 0 Å². The number of nitrogens with zero attached hydrogens (tertiary/aromatic N) is 4. The number of hydrogen-bond donors (Lipinski definition) is 1. The zero-order valence-corrected chi connectivity index (χ0v) is 26.5. The van der Waals surface area contributed by atoms with E-state index in [0.717, 1.165) is 11.1 Å². The Labute approximate surface area is 261 Å². The van der Waals surface area contributed by atoms with Crippen molar-refractivity contribution in [2.45, 2.75) is 50.8 Å². The molecular weight excluding hydrogens is 615 g/mol. The van der Waals surface area contributed by atoms with Gasteiger partial charge in [0.05, 0.1) is 58.5 Å². The molecule has 240 valence electrons. The first-order chi connectivity index (χ1) is 21.3. The number of hydrogen-bond acceptors (Lipinski definition) is 13. The maximum absolute atomic E-state index is 15.8. The second kappa shape index (κ2) is 17.5. The topological polar surface area (TPSA) is 151 Å². The fourth-order valence-corrected chi connectivity index (χ4v) is 6.14. The number of aromatic nitrogens is 4. The number of nitrogen functional groups attached to an aromatic ring is 1. The minimum Gasteiger partial charge on any atom is -0.382 e. The average molecular weight is 653 g/mol. The van der Waals surface area contributed by atoms with E-state index in [1.54, 1.807) is 6.92 Å². The van der Waals surface area contributed by atoms with Crippen LogP contribution in [-0.4, -0.2) is 97.7 Å². The minimum atomic E-state index is -4.05. The molecule has 4 rings (SSSR count). The van der Waals surface area contributed by atoms with E-state index < -0.39 is 32.1 Å². The van der Waals surface area contributed by atoms with Crippen molar-refractivity contribution in [3.05, 3.63) is 48.0 Å². The summed E-state index contributed by atoms with van der Waals surface area (Å²) in [7, 11) is 1.64. The van der Waals surface area contributed by atoms with E-state index in [2.05, 4.69) is 15.0 Å². The minimum absolute atomic E-state index is 0.0280. The Morgan fingerprint density at radius 3 is 2.50 bits per heavy atom. The van der Waals surface area contributed by atoms with E-state index in [-0.39, 0.29) is 24.7 Å². The summed E-state index contributed by atoms with van der Waals surface area (Å²) in [6.45, 7) is 6.90. The molecule has 0 aliphatic carbocycles. The Bertz CT molecular complexity index is 1350. The molecule has 17 heteroatoms. The van der Waals surface area contributed by atoms with Crippen LogP contribution in [0.5, 0.6) is 0 Å². The van der Waals surface area contributed by atoms with Gasteiger partial charge in [-0.1, -0.05) is 24.3 Å². The lowest BCUT2D eigenvalue weighted by atomic mass is 10.1. The highest BCUT2D eigenvalue weighted by Crippen LogP contribution is 2.48. The van der Waals surface area contributed by atoms with Gasteiger partial charge in [0.1, 0.15) is 24.1 Å². The Hall–Kier alpha value is -2.14. The van der Waals surface area contributed by atoms with Crippen molar-refractivity contribution in [2.24, 2.45) is 0 Å². The number of alkyl halides is 1. The number of ether oxygens (including phenoxy) is 5. The third kappa shape index (κ3) is 9.93. The van der Waals surface area contributed by atoms with E-state index in [4.69, 9.17) is 46.0 Å². The Morgan fingerprint density at radius 1 is 1.02 bits per heavy atom. The largest absolute Gasteiger partial charge is 0.382 e. The van der Waals surface area contributed by atoms with Gasteiger partial charge in [0.25, 0.3) is 7.47 Å². The van der Waals surface area contributed by atoms with Crippen molar-refractivity contribution in [1.82, 2.24) is 19.5 Å². The fourth-order valence-electron chi connectivity index (χ4n) is 4.40. The Morgan fingerprint density at radius 2 is 1.75 bits per heavy atom. The monoisotopic (exact) mass is 653 g/mol. The summed E-state index contributed by atoms with van der Waals surface area (Å²) in [6, 6.07) is 8.10. The second-order valence-electron chi connectivity index (χ2n) is 9.64. The molecule has 0 spiro atoms. The van der Waals surface area contributed by atoms with E-state index in [9.17, 15) is 4.57 Å². The zero-order valence-electron chi connectivity index (χ0n) is 24.8. The molecule has 1 unspecified atom stereocenters. The number of fused-ring (bicyclic) bond motifs is 1. The molecule has 0 saturated carbocycles. The summed E-state index contributed by atoms with van der Waals surface area (Å²) in [5.74, 6) is 1.14. The Balaban J connectivity index is 1.24. The molecule has 1 aliphatic heterocycles. The van der Waals surface area contributed by atoms with Gasteiger partial charge in [0.15, 0.2) is 23.9 Å². The third-order valence-electron chi connectivity index (χ3n) is 6.46. The number of halogens is 1. The SMILES string of the molecule is [B]P(=O)(OCC)O[C@H]1[C@@H](F)[C@H](n2cnc3c(N)ncnc32)O[C@@H]1COCSCc1ccc(COCCOCCOCC)cc1. The molecule has 2 aromatic heterocycles. The maximum atomic E-state index is 15.8. The van der Waals surface area contributed by atoms with Gasteiger partial charge in [0.2, 0.25) is 7.57 Å². The summed E-state index contributed by atoms with van der Waals surface area (Å²) >= 11 is 1.53. The van der Waals surface area contributed by atoms with Gasteiger partial charge in [-0.3, -0.25) is 9.13 Å². The molecule has 5 atom stereocenters. The van der Waals surface area contributed by atoms with Gasteiger partial charge >= 0.3 is 0 Å². The van der Waals surface area contributed by atoms with Gasteiger partial charge in [-0.2, -0.15) is 0 Å². The molecule has 1 aliphatic rings. The van der Waals surface area contributed by atoms with Crippen molar-refractivity contribution < 1.29 is 41.7 Å². The molecule has 3 aromatic rings. The predicted octanol–water partition coefficient (Wildman–Crippen LogP) is 3.82. The van der Waals surface area contributed by atoms with Gasteiger partial charge in [-0.15, -0.1) is 11.8 Å². The lowest BCUT2D eigenvalue weighted by Crippen LogP contribution is -2.34. The van der Waals surface area contributed by atoms with Crippen LogP contribution in [0.2, 0.25) is 0 Å². The van der Waals surface area contributed by atoms with Crippen LogP contribution < -0.4 is 5.73 Å². The van der Waals surface area contributed by atoms with Crippen molar-refractivity contribution in [3.63, 3.8) is 0 Å². The molecule has 0 amide bonds. The quantitative estimate of drug-likeness (QED) is 0.0815. The fraction of sp³-hybridized carbons (Fsp3) is 0.593. The lowest BCUT2D eigenvalue weighted by Gasteiger charge is -2.24. The number of anilines is 1. The summed E-state index contributed by atoms with van der Waals surface area (Å²) < 4.78 is 68.3. The molecule has 2 N–H and O–H groups in total. The molecule has 44 heavy (non-hydrogen) atoms. The van der Waals surface area contributed by atoms with Crippen molar-refractivity contribution in [3.8, 4) is 0 Å². The molecular formula is C27H38BFN5O8PS. The molecule has 1 saturated heterocycles. The van der Waals surface area contributed by atoms with Crippen LogP contribution in [0.4, 0.5) is 10.2 Å². The van der Waals surface area contributed by atoms with Crippen LogP contribution in [0.15, 0.2) is 36.9 Å². The van der Waals surface area contributed by atoms with Crippen molar-refractivity contribution >= 4 is 43.8 Å². The standard InChI is InChI=1S/C27H38BFN5O8PS/c1-3-36-9-10-37-11-12-38-13-19-5-7-20(8-6-19)15-44-18-39-14-21-24(42-43(28,35)40-4-2)22(29)27(41-21)34-17-33-23-25(30)31-16-32-26(23)34/h5-8,16-17,21-22,24,27H,3-4,9-15,18H2,1-2H3,(H2,30,31,32)/t21-,22-,24-,27-,43?/m1/s1. The summed E-state index contributed by atoms with van der Waals surface area (Å²) in [4.78, 5) is 12.2. The maximum Gasteiger partial charge on any atom is 0.264 e. The van der Waals surface area contributed by atoms with E-state index in [1.807, 2.05) is 31.2 Å². The Kier molecular flexibility index (Phi) is 13.8. The summed E-state index contributed by atoms with van der Waals surface area (Å²) in [5, 5.41) is 0. The van der Waals surface area contributed by atoms with Crippen LogP contribution >= 0.6 is 19.2 Å². The van der Waals surface area contributed by atoms with Crippen molar-refractivity contribution in [2.75, 3.05) is 57.9 Å². The first-order valence-corrected chi connectivity index (χ1v) is 17.0. The number of benzene rings is 1. The van der Waals surface area contributed by atoms with Crippen LogP contribution in [0, 0.1) is 0 Å². The summed E-state index contributed by atoms with van der Waals surface area (Å²) in [6.07, 6.45) is -2.68. The predicted molar refractivity (Wildman–Crippen MR) is 164 cm³/mol. The highest BCUT2D eigenvalue weighted by atomic mass is 32.2. The highest BCUT2D eigenvalue weighted by Gasteiger charge is 2.49. The smallest absolute Gasteiger partial charge is 0.264 e. The first-order valence-electron chi connectivity index (χ1n) is 14.2. The third-order valence-corrected chi connectivity index (χ3v) is 8.49. The second-order valence-corrected chi connectivity index (χ2v) is 12.1. The molecule has 3 heterocycles. The number of thioether (sulfide) groups is 1. The zero-order chi connectivity index (χ0) is 31.4. The number of nitrogens with two attached hydrogens (primary N) is 1. The van der Waals surface area contributed by atoms with Crippen LogP contribution in [0.25, 0.3) is 11.2 Å². The molecule has 1 aromatic carbocycles. The van der Waals surface area contributed by atoms with Crippen molar-refractivity contribution in [1.29, 1.82) is 0 Å². The molecule has 2 radical (unpaired) electrons. The lowest BCUT2D eigenvalue weighted by molar-refractivity contribution is -0.0544.